The fraction of sp³-hybridized carbons (Fsp3) is 0.0714. The maximum absolute atomic E-state index is 5.64. The van der Waals surface area contributed by atoms with Crippen LogP contribution in [0.1, 0.15) is 5.56 Å². The molecule has 0 bridgehead atoms. The molecule has 0 aliphatic carbocycles. The van der Waals surface area contributed by atoms with Gasteiger partial charge in [-0.25, -0.2) is 0 Å². The molecule has 1 aromatic heterocycles. The maximum atomic E-state index is 5.64. The van der Waals surface area contributed by atoms with Crippen LogP contribution in [0.4, 0.5) is 0 Å². The van der Waals surface area contributed by atoms with Crippen LogP contribution in [0, 0.1) is 0 Å². The highest BCUT2D eigenvalue weighted by atomic mass is 79.9. The molecule has 1 heterocycles. The molecule has 0 saturated heterocycles. The lowest BCUT2D eigenvalue weighted by Crippen LogP contribution is -2.02. The molecule has 5 nitrogen and oxygen atoms in total. The van der Waals surface area contributed by atoms with Crippen LogP contribution < -0.4 is 5.73 Å². The molecular weight excluding hydrogens is 318 g/mol. The molecule has 0 aliphatic rings. The third-order valence-corrected chi connectivity index (χ3v) is 3.67. The molecule has 0 aliphatic heterocycles. The van der Waals surface area contributed by atoms with Crippen LogP contribution in [0.15, 0.2) is 53.0 Å². The second-order valence-electron chi connectivity index (χ2n) is 4.25. The van der Waals surface area contributed by atoms with Crippen LogP contribution in [-0.4, -0.2) is 20.2 Å². The first-order valence-electron chi connectivity index (χ1n) is 6.12. The number of halogens is 1. The normalized spacial score (nSPS) is 10.7. The van der Waals surface area contributed by atoms with Gasteiger partial charge in [0.2, 0.25) is 5.82 Å². The van der Waals surface area contributed by atoms with Gasteiger partial charge in [-0.05, 0) is 22.9 Å². The Balaban J connectivity index is 1.96. The van der Waals surface area contributed by atoms with Crippen molar-refractivity contribution in [3.05, 3.63) is 58.6 Å². The lowest BCUT2D eigenvalue weighted by atomic mass is 10.2. The van der Waals surface area contributed by atoms with Gasteiger partial charge >= 0.3 is 0 Å². The Morgan fingerprint density at radius 1 is 1.10 bits per heavy atom. The summed E-state index contributed by atoms with van der Waals surface area (Å²) in [5.74, 6) is 0.602. The van der Waals surface area contributed by atoms with Crippen molar-refractivity contribution < 1.29 is 0 Å². The van der Waals surface area contributed by atoms with Crippen LogP contribution in [0.2, 0.25) is 0 Å². The van der Waals surface area contributed by atoms with E-state index < -0.39 is 0 Å². The van der Waals surface area contributed by atoms with Crippen LogP contribution in [0.3, 0.4) is 0 Å². The number of hydrogen-bond donors (Lipinski definition) is 1. The third kappa shape index (κ3) is 2.48. The maximum Gasteiger partial charge on any atom is 0.205 e. The zero-order valence-corrected chi connectivity index (χ0v) is 12.2. The van der Waals surface area contributed by atoms with Gasteiger partial charge < -0.3 is 5.73 Å². The molecule has 0 radical (unpaired) electrons. The number of nitrogens with two attached hydrogens (primary N) is 1. The Labute approximate surface area is 124 Å². The number of aromatic nitrogens is 4. The minimum absolute atomic E-state index is 0.487. The Bertz CT molecular complexity index is 723. The first-order chi connectivity index (χ1) is 9.78. The number of rotatable bonds is 3. The lowest BCUT2D eigenvalue weighted by Gasteiger charge is -2.03. The summed E-state index contributed by atoms with van der Waals surface area (Å²) in [5, 5.41) is 12.5. The van der Waals surface area contributed by atoms with E-state index in [1.54, 1.807) is 0 Å². The van der Waals surface area contributed by atoms with E-state index in [0.717, 1.165) is 21.3 Å². The molecule has 2 aromatic carbocycles. The summed E-state index contributed by atoms with van der Waals surface area (Å²) in [6.45, 7) is 0.487. The van der Waals surface area contributed by atoms with Crippen molar-refractivity contribution in [2.75, 3.05) is 0 Å². The summed E-state index contributed by atoms with van der Waals surface area (Å²) in [6, 6.07) is 15.6. The van der Waals surface area contributed by atoms with Crippen molar-refractivity contribution in [1.82, 2.24) is 20.2 Å². The molecule has 0 atom stereocenters. The SMILES string of the molecule is NCc1ccc(-n2nnc(-c3ccccc3)n2)cc1Br. The van der Waals surface area contributed by atoms with Gasteiger partial charge in [0, 0.05) is 16.6 Å². The number of nitrogens with zero attached hydrogens (tertiary/aromatic N) is 4. The summed E-state index contributed by atoms with van der Waals surface area (Å²) in [5.41, 5.74) is 8.46. The minimum atomic E-state index is 0.487. The number of tetrazole rings is 1. The van der Waals surface area contributed by atoms with Gasteiger partial charge in [-0.1, -0.05) is 52.3 Å². The van der Waals surface area contributed by atoms with Crippen molar-refractivity contribution >= 4 is 15.9 Å². The van der Waals surface area contributed by atoms with Crippen molar-refractivity contribution in [3.63, 3.8) is 0 Å². The van der Waals surface area contributed by atoms with E-state index in [1.165, 1.54) is 4.80 Å². The van der Waals surface area contributed by atoms with Crippen molar-refractivity contribution in [2.24, 2.45) is 5.73 Å². The average molecular weight is 330 g/mol. The van der Waals surface area contributed by atoms with Gasteiger partial charge in [0.15, 0.2) is 0 Å². The van der Waals surface area contributed by atoms with Gasteiger partial charge in [-0.3, -0.25) is 0 Å². The molecule has 2 N–H and O–H groups in total. The zero-order chi connectivity index (χ0) is 13.9. The van der Waals surface area contributed by atoms with Crippen LogP contribution in [0.5, 0.6) is 0 Å². The monoisotopic (exact) mass is 329 g/mol. The molecule has 6 heteroatoms. The number of benzene rings is 2. The fourth-order valence-electron chi connectivity index (χ4n) is 1.85. The van der Waals surface area contributed by atoms with Crippen molar-refractivity contribution in [3.8, 4) is 17.1 Å². The Kier molecular flexibility index (Phi) is 3.58. The highest BCUT2D eigenvalue weighted by Gasteiger charge is 2.08. The van der Waals surface area contributed by atoms with E-state index in [-0.39, 0.29) is 0 Å². The summed E-state index contributed by atoms with van der Waals surface area (Å²) in [6.07, 6.45) is 0. The van der Waals surface area contributed by atoms with Gasteiger partial charge in [-0.2, -0.15) is 0 Å². The summed E-state index contributed by atoms with van der Waals surface area (Å²) >= 11 is 3.49. The third-order valence-electron chi connectivity index (χ3n) is 2.93. The minimum Gasteiger partial charge on any atom is -0.326 e. The molecule has 0 fully saturated rings. The predicted octanol–water partition coefficient (Wildman–Crippen LogP) is 2.55. The summed E-state index contributed by atoms with van der Waals surface area (Å²) < 4.78 is 0.941. The standard InChI is InChI=1S/C14H12BrN5/c15-13-8-12(7-6-11(13)9-16)20-18-14(17-19-20)10-4-2-1-3-5-10/h1-8H,9,16H2. The van der Waals surface area contributed by atoms with Gasteiger partial charge in [-0.15, -0.1) is 15.0 Å². The second-order valence-corrected chi connectivity index (χ2v) is 5.10. The van der Waals surface area contributed by atoms with E-state index in [4.69, 9.17) is 5.73 Å². The average Bonchev–Trinajstić information content (AvgIpc) is 2.98. The van der Waals surface area contributed by atoms with Gasteiger partial charge in [0.1, 0.15) is 0 Å². The molecule has 100 valence electrons. The first kappa shape index (κ1) is 13.0. The Morgan fingerprint density at radius 3 is 2.60 bits per heavy atom. The summed E-state index contributed by atoms with van der Waals surface area (Å²) in [4.78, 5) is 1.51. The van der Waals surface area contributed by atoms with E-state index in [1.807, 2.05) is 48.5 Å². The van der Waals surface area contributed by atoms with Crippen molar-refractivity contribution in [1.29, 1.82) is 0 Å². The molecule has 0 saturated carbocycles. The van der Waals surface area contributed by atoms with E-state index >= 15 is 0 Å². The van der Waals surface area contributed by atoms with Gasteiger partial charge in [0.25, 0.3) is 0 Å². The zero-order valence-electron chi connectivity index (χ0n) is 10.6. The first-order valence-corrected chi connectivity index (χ1v) is 6.91. The number of hydrogen-bond acceptors (Lipinski definition) is 4. The molecule has 20 heavy (non-hydrogen) atoms. The molecule has 0 unspecified atom stereocenters. The Morgan fingerprint density at radius 2 is 1.90 bits per heavy atom. The van der Waals surface area contributed by atoms with Crippen molar-refractivity contribution in [2.45, 2.75) is 6.54 Å². The quantitative estimate of drug-likeness (QED) is 0.801. The lowest BCUT2D eigenvalue weighted by molar-refractivity contribution is 0.719. The fourth-order valence-corrected chi connectivity index (χ4v) is 2.38. The molecular formula is C14H12BrN5. The molecule has 3 aromatic rings. The van der Waals surface area contributed by atoms with Crippen LogP contribution in [0.25, 0.3) is 17.1 Å². The molecule has 0 amide bonds. The van der Waals surface area contributed by atoms with Gasteiger partial charge in [0.05, 0.1) is 5.69 Å². The smallest absolute Gasteiger partial charge is 0.205 e. The summed E-state index contributed by atoms with van der Waals surface area (Å²) in [7, 11) is 0. The highest BCUT2D eigenvalue weighted by Crippen LogP contribution is 2.20. The van der Waals surface area contributed by atoms with Crippen LogP contribution in [-0.2, 0) is 6.54 Å². The second kappa shape index (κ2) is 5.52. The molecule has 0 spiro atoms. The Hall–Kier alpha value is -2.05. The topological polar surface area (TPSA) is 69.6 Å². The van der Waals surface area contributed by atoms with Crippen LogP contribution >= 0.6 is 15.9 Å². The predicted molar refractivity (Wildman–Crippen MR) is 80.2 cm³/mol. The largest absolute Gasteiger partial charge is 0.326 e. The molecule has 3 rings (SSSR count). The van der Waals surface area contributed by atoms with E-state index in [2.05, 4.69) is 31.3 Å². The van der Waals surface area contributed by atoms with E-state index in [0.29, 0.717) is 12.4 Å². The van der Waals surface area contributed by atoms with E-state index in [9.17, 15) is 0 Å². The highest BCUT2D eigenvalue weighted by molar-refractivity contribution is 9.10.